The molecule has 0 bridgehead atoms. The Morgan fingerprint density at radius 3 is 2.47 bits per heavy atom. The summed E-state index contributed by atoms with van der Waals surface area (Å²) in [6, 6.07) is 18.9. The summed E-state index contributed by atoms with van der Waals surface area (Å²) in [7, 11) is 0. The standard InChI is InChI=1S/C21H32N2.C7H7NO/c1-5-17(3)23(16-22-6-2)18(4)14-19-10-9-13-21(15-19)20-11-7-8-12-20;9-6-8-7-4-2-1-3-5-7/h9-10,13-17,20H,5-8,11-12H2,1-4H3;1-6H,(H,8,9)/b18-14-,22-16?;. The summed E-state index contributed by atoms with van der Waals surface area (Å²) in [6.07, 6.45) is 11.6. The Morgan fingerprint density at radius 1 is 1.12 bits per heavy atom. The quantitative estimate of drug-likeness (QED) is 0.260. The molecule has 3 rings (SSSR count). The summed E-state index contributed by atoms with van der Waals surface area (Å²) in [5.41, 5.74) is 4.92. The van der Waals surface area contributed by atoms with E-state index >= 15 is 0 Å². The number of allylic oxidation sites excluding steroid dienone is 1. The molecule has 4 nitrogen and oxygen atoms in total. The molecule has 172 valence electrons. The van der Waals surface area contributed by atoms with Gasteiger partial charge in [-0.2, -0.15) is 0 Å². The highest BCUT2D eigenvalue weighted by molar-refractivity contribution is 5.70. The highest BCUT2D eigenvalue weighted by Crippen LogP contribution is 2.34. The van der Waals surface area contributed by atoms with Crippen LogP contribution in [0.15, 0.2) is 65.3 Å². The molecule has 0 radical (unpaired) electrons. The van der Waals surface area contributed by atoms with Crippen LogP contribution < -0.4 is 5.32 Å². The number of nitrogens with one attached hydrogen (secondary N) is 1. The van der Waals surface area contributed by atoms with E-state index in [-0.39, 0.29) is 0 Å². The van der Waals surface area contributed by atoms with Gasteiger partial charge in [-0.1, -0.05) is 62.2 Å². The van der Waals surface area contributed by atoms with Gasteiger partial charge in [0.25, 0.3) is 0 Å². The van der Waals surface area contributed by atoms with Crippen molar-refractivity contribution in [1.29, 1.82) is 0 Å². The van der Waals surface area contributed by atoms with E-state index in [1.165, 1.54) is 42.5 Å². The molecule has 1 aliphatic carbocycles. The first-order valence-electron chi connectivity index (χ1n) is 11.9. The summed E-state index contributed by atoms with van der Waals surface area (Å²) in [5, 5.41) is 2.53. The highest BCUT2D eigenvalue weighted by Gasteiger charge is 2.17. The first-order valence-corrected chi connectivity index (χ1v) is 11.9. The molecule has 2 aromatic rings. The van der Waals surface area contributed by atoms with Crippen LogP contribution in [-0.2, 0) is 4.79 Å². The fourth-order valence-corrected chi connectivity index (χ4v) is 4.00. The maximum Gasteiger partial charge on any atom is 0.211 e. The van der Waals surface area contributed by atoms with Gasteiger partial charge >= 0.3 is 0 Å². The molecule has 0 aliphatic heterocycles. The molecule has 32 heavy (non-hydrogen) atoms. The molecular weight excluding hydrogens is 394 g/mol. The Bertz CT molecular complexity index is 854. The number of amides is 1. The number of rotatable bonds is 9. The van der Waals surface area contributed by atoms with Crippen molar-refractivity contribution < 1.29 is 4.79 Å². The minimum atomic E-state index is 0.472. The van der Waals surface area contributed by atoms with Crippen molar-refractivity contribution >= 4 is 24.5 Å². The molecule has 0 heterocycles. The fourth-order valence-electron chi connectivity index (χ4n) is 4.00. The van der Waals surface area contributed by atoms with E-state index in [4.69, 9.17) is 0 Å². The van der Waals surface area contributed by atoms with Crippen LogP contribution >= 0.6 is 0 Å². The zero-order valence-electron chi connectivity index (χ0n) is 20.1. The molecule has 1 amide bonds. The van der Waals surface area contributed by atoms with Crippen molar-refractivity contribution in [2.24, 2.45) is 4.99 Å². The summed E-state index contributed by atoms with van der Waals surface area (Å²) in [6.45, 7) is 9.59. The van der Waals surface area contributed by atoms with Gasteiger partial charge in [0.1, 0.15) is 0 Å². The average Bonchev–Trinajstić information content (AvgIpc) is 3.36. The van der Waals surface area contributed by atoms with Gasteiger partial charge in [-0.3, -0.25) is 9.79 Å². The van der Waals surface area contributed by atoms with Crippen LogP contribution in [0.25, 0.3) is 6.08 Å². The van der Waals surface area contributed by atoms with E-state index in [2.05, 4.69) is 73.2 Å². The Kier molecular flexibility index (Phi) is 11.3. The number of benzene rings is 2. The van der Waals surface area contributed by atoms with Gasteiger partial charge in [-0.25, -0.2) is 0 Å². The molecular formula is C28H39N3O. The van der Waals surface area contributed by atoms with Crippen molar-refractivity contribution in [1.82, 2.24) is 4.90 Å². The molecule has 1 atom stereocenters. The largest absolute Gasteiger partial charge is 0.334 e. The predicted molar refractivity (Wildman–Crippen MR) is 138 cm³/mol. The Labute approximate surface area is 194 Å². The van der Waals surface area contributed by atoms with E-state index in [1.54, 1.807) is 0 Å². The number of nitrogens with zero attached hydrogens (tertiary/aromatic N) is 2. The molecule has 1 fully saturated rings. The van der Waals surface area contributed by atoms with Crippen molar-refractivity contribution in [2.45, 2.75) is 71.8 Å². The maximum absolute atomic E-state index is 9.86. The van der Waals surface area contributed by atoms with E-state index in [0.717, 1.165) is 24.6 Å². The number of aliphatic imine (C=N–C) groups is 1. The van der Waals surface area contributed by atoms with Gasteiger partial charge in [0.15, 0.2) is 0 Å². The van der Waals surface area contributed by atoms with Crippen LogP contribution in [0.1, 0.15) is 76.8 Å². The van der Waals surface area contributed by atoms with Crippen molar-refractivity contribution in [3.8, 4) is 0 Å². The lowest BCUT2D eigenvalue weighted by molar-refractivity contribution is -0.105. The summed E-state index contributed by atoms with van der Waals surface area (Å²) < 4.78 is 0. The number of hydrogen-bond donors (Lipinski definition) is 1. The van der Waals surface area contributed by atoms with Crippen molar-refractivity contribution in [3.63, 3.8) is 0 Å². The van der Waals surface area contributed by atoms with Crippen LogP contribution in [-0.4, -0.2) is 30.2 Å². The topological polar surface area (TPSA) is 44.7 Å². The minimum Gasteiger partial charge on any atom is -0.334 e. The third-order valence-electron chi connectivity index (χ3n) is 5.97. The van der Waals surface area contributed by atoms with E-state index in [9.17, 15) is 4.79 Å². The normalized spacial score (nSPS) is 15.2. The second-order valence-electron chi connectivity index (χ2n) is 8.34. The molecule has 1 N–H and O–H groups in total. The van der Waals surface area contributed by atoms with E-state index < -0.39 is 0 Å². The van der Waals surface area contributed by atoms with Gasteiger partial charge in [-0.15, -0.1) is 0 Å². The third kappa shape index (κ3) is 8.33. The Hall–Kier alpha value is -2.88. The highest BCUT2D eigenvalue weighted by atomic mass is 16.1. The number of para-hydroxylation sites is 1. The third-order valence-corrected chi connectivity index (χ3v) is 5.97. The van der Waals surface area contributed by atoms with Gasteiger partial charge in [-0.05, 0) is 75.3 Å². The maximum atomic E-state index is 9.86. The summed E-state index contributed by atoms with van der Waals surface area (Å²) >= 11 is 0. The number of carbonyl (C=O) groups is 1. The minimum absolute atomic E-state index is 0.472. The number of anilines is 1. The second kappa shape index (κ2) is 14.2. The van der Waals surface area contributed by atoms with Crippen molar-refractivity contribution in [2.75, 3.05) is 11.9 Å². The molecule has 1 aliphatic rings. The predicted octanol–water partition coefficient (Wildman–Crippen LogP) is 7.11. The number of hydrogen-bond acceptors (Lipinski definition) is 2. The Balaban J connectivity index is 0.000000336. The fraction of sp³-hybridized carbons (Fsp3) is 0.429. The smallest absolute Gasteiger partial charge is 0.211 e. The molecule has 0 spiro atoms. The monoisotopic (exact) mass is 433 g/mol. The first kappa shape index (κ1) is 25.4. The number of carbonyl (C=O) groups excluding carboxylic acids is 1. The van der Waals surface area contributed by atoms with Crippen LogP contribution in [0.4, 0.5) is 5.69 Å². The molecule has 1 saturated carbocycles. The first-order chi connectivity index (χ1) is 15.6. The second-order valence-corrected chi connectivity index (χ2v) is 8.34. The molecule has 0 aromatic heterocycles. The van der Waals surface area contributed by atoms with Crippen LogP contribution in [0.2, 0.25) is 0 Å². The van der Waals surface area contributed by atoms with Gasteiger partial charge in [0.05, 0.1) is 6.34 Å². The summed E-state index contributed by atoms with van der Waals surface area (Å²) in [5.74, 6) is 0.774. The molecule has 0 saturated heterocycles. The van der Waals surface area contributed by atoms with Crippen molar-refractivity contribution in [3.05, 3.63) is 71.4 Å². The zero-order chi connectivity index (χ0) is 23.2. The van der Waals surface area contributed by atoms with E-state index in [1.807, 2.05) is 36.7 Å². The average molecular weight is 434 g/mol. The van der Waals surface area contributed by atoms with E-state index in [0.29, 0.717) is 12.5 Å². The lowest BCUT2D eigenvalue weighted by atomic mass is 9.96. The lowest BCUT2D eigenvalue weighted by Crippen LogP contribution is -2.29. The summed E-state index contributed by atoms with van der Waals surface area (Å²) in [4.78, 5) is 16.6. The molecule has 2 aromatic carbocycles. The van der Waals surface area contributed by atoms with Gasteiger partial charge in [0.2, 0.25) is 6.41 Å². The zero-order valence-corrected chi connectivity index (χ0v) is 20.1. The SMILES string of the molecule is CCN=CN(/C(C)=C\c1cccc(C2CCCC2)c1)C(C)CC.O=CNc1ccccc1. The van der Waals surface area contributed by atoms with Gasteiger partial charge in [0, 0.05) is 24.0 Å². The lowest BCUT2D eigenvalue weighted by Gasteiger charge is -2.27. The van der Waals surface area contributed by atoms with Crippen LogP contribution in [0, 0.1) is 0 Å². The Morgan fingerprint density at radius 2 is 1.84 bits per heavy atom. The van der Waals surface area contributed by atoms with Crippen LogP contribution in [0.3, 0.4) is 0 Å². The molecule has 4 heteroatoms. The molecule has 1 unspecified atom stereocenters. The van der Waals surface area contributed by atoms with Gasteiger partial charge < -0.3 is 10.2 Å². The van der Waals surface area contributed by atoms with Crippen LogP contribution in [0.5, 0.6) is 0 Å².